The highest BCUT2D eigenvalue weighted by Gasteiger charge is 2.38. The van der Waals surface area contributed by atoms with Crippen LogP contribution >= 0.6 is 11.6 Å². The maximum Gasteiger partial charge on any atom is 0.451 e. The van der Waals surface area contributed by atoms with Gasteiger partial charge in [0.05, 0.1) is 19.4 Å². The number of rotatable bonds is 6. The second-order valence-corrected chi connectivity index (χ2v) is 8.16. The van der Waals surface area contributed by atoms with Crippen molar-refractivity contribution in [3.63, 3.8) is 0 Å². The van der Waals surface area contributed by atoms with Crippen LogP contribution in [0.15, 0.2) is 65.9 Å². The van der Waals surface area contributed by atoms with E-state index in [4.69, 9.17) is 11.6 Å². The van der Waals surface area contributed by atoms with Gasteiger partial charge in [-0.2, -0.15) is 18.3 Å². The van der Waals surface area contributed by atoms with Gasteiger partial charge in [0.25, 0.3) is 5.91 Å². The van der Waals surface area contributed by atoms with E-state index in [9.17, 15) is 22.8 Å². The van der Waals surface area contributed by atoms with Crippen LogP contribution < -0.4 is 10.3 Å². The van der Waals surface area contributed by atoms with Gasteiger partial charge in [-0.15, -0.1) is 0 Å². The van der Waals surface area contributed by atoms with E-state index >= 15 is 0 Å². The zero-order valence-corrected chi connectivity index (χ0v) is 19.5. The van der Waals surface area contributed by atoms with Crippen LogP contribution in [0.2, 0.25) is 5.02 Å². The standard InChI is InChI=1S/C24H19ClF3N5O3/c1-36-19(34)12-29-22(35)17-11-30-23(24(26,27)28)31-21(17)33-13-18(14-5-3-2-4-6-14)20(32-33)15-7-9-16(25)10-8-15/h2-11,18H,12-13H2,1H3,(H,29,35). The van der Waals surface area contributed by atoms with E-state index in [1.807, 2.05) is 30.3 Å². The minimum atomic E-state index is -4.85. The summed E-state index contributed by atoms with van der Waals surface area (Å²) in [5.41, 5.74) is 1.86. The second-order valence-electron chi connectivity index (χ2n) is 7.72. The molecule has 0 aliphatic carbocycles. The summed E-state index contributed by atoms with van der Waals surface area (Å²) in [6.45, 7) is -0.380. The van der Waals surface area contributed by atoms with Crippen molar-refractivity contribution in [2.45, 2.75) is 12.1 Å². The van der Waals surface area contributed by atoms with Crippen LogP contribution in [0.1, 0.15) is 33.2 Å². The maximum atomic E-state index is 13.5. The van der Waals surface area contributed by atoms with E-state index in [0.29, 0.717) is 16.3 Å². The van der Waals surface area contributed by atoms with Gasteiger partial charge in [-0.05, 0) is 23.3 Å². The highest BCUT2D eigenvalue weighted by Crippen LogP contribution is 2.34. The van der Waals surface area contributed by atoms with E-state index in [1.165, 1.54) is 5.01 Å². The van der Waals surface area contributed by atoms with Crippen LogP contribution in [0, 0.1) is 0 Å². The van der Waals surface area contributed by atoms with Gasteiger partial charge in [0.1, 0.15) is 12.1 Å². The van der Waals surface area contributed by atoms with E-state index in [-0.39, 0.29) is 23.8 Å². The molecule has 1 aliphatic heterocycles. The van der Waals surface area contributed by atoms with E-state index in [2.05, 4.69) is 25.1 Å². The van der Waals surface area contributed by atoms with Crippen LogP contribution in [-0.4, -0.2) is 47.8 Å². The van der Waals surface area contributed by atoms with Gasteiger partial charge in [-0.25, -0.2) is 15.0 Å². The number of ether oxygens (including phenoxy) is 1. The fraction of sp³-hybridized carbons (Fsp3) is 0.208. The third-order valence-electron chi connectivity index (χ3n) is 5.39. The molecule has 2 heterocycles. The van der Waals surface area contributed by atoms with E-state index in [1.54, 1.807) is 24.3 Å². The van der Waals surface area contributed by atoms with Crippen molar-refractivity contribution in [1.82, 2.24) is 15.3 Å². The van der Waals surface area contributed by atoms with Crippen LogP contribution in [0.4, 0.5) is 19.0 Å². The highest BCUT2D eigenvalue weighted by molar-refractivity contribution is 6.30. The molecule has 0 saturated heterocycles. The van der Waals surface area contributed by atoms with Crippen molar-refractivity contribution >= 4 is 35.0 Å². The van der Waals surface area contributed by atoms with Crippen molar-refractivity contribution in [1.29, 1.82) is 0 Å². The molecule has 0 fully saturated rings. The molecule has 1 atom stereocenters. The molecule has 2 aromatic carbocycles. The topological polar surface area (TPSA) is 96.8 Å². The molecule has 1 aromatic heterocycles. The number of hydrogen-bond donors (Lipinski definition) is 1. The minimum absolute atomic E-state index is 0.105. The molecule has 8 nitrogen and oxygen atoms in total. The normalized spacial score (nSPS) is 15.4. The predicted octanol–water partition coefficient (Wildman–Crippen LogP) is 4.06. The zero-order chi connectivity index (χ0) is 25.9. The molecule has 0 bridgehead atoms. The first kappa shape index (κ1) is 25.1. The summed E-state index contributed by atoms with van der Waals surface area (Å²) in [6.07, 6.45) is -4.08. The van der Waals surface area contributed by atoms with Crippen molar-refractivity contribution in [3.8, 4) is 0 Å². The quantitative estimate of drug-likeness (QED) is 0.495. The number of aromatic nitrogens is 2. The average Bonchev–Trinajstić information content (AvgIpc) is 3.32. The van der Waals surface area contributed by atoms with E-state index < -0.39 is 30.4 Å². The number of amides is 1. The lowest BCUT2D eigenvalue weighted by atomic mass is 9.90. The molecule has 0 saturated carbocycles. The number of carbonyl (C=O) groups is 2. The first-order valence-corrected chi connectivity index (χ1v) is 11.0. The van der Waals surface area contributed by atoms with Gasteiger partial charge in [-0.3, -0.25) is 9.59 Å². The summed E-state index contributed by atoms with van der Waals surface area (Å²) < 4.78 is 44.9. The molecule has 1 amide bonds. The van der Waals surface area contributed by atoms with Crippen LogP contribution in [0.3, 0.4) is 0 Å². The first-order chi connectivity index (χ1) is 17.2. The largest absolute Gasteiger partial charge is 0.468 e. The molecule has 1 aliphatic rings. The summed E-state index contributed by atoms with van der Waals surface area (Å²) in [7, 11) is 1.14. The Balaban J connectivity index is 1.79. The number of methoxy groups -OCH3 is 1. The monoisotopic (exact) mass is 517 g/mol. The number of benzene rings is 2. The third kappa shape index (κ3) is 5.46. The number of anilines is 1. The third-order valence-corrected chi connectivity index (χ3v) is 5.64. The molecule has 4 rings (SSSR count). The van der Waals surface area contributed by atoms with Gasteiger partial charge in [0.2, 0.25) is 5.82 Å². The van der Waals surface area contributed by atoms with Gasteiger partial charge in [-0.1, -0.05) is 54.1 Å². The van der Waals surface area contributed by atoms with Crippen LogP contribution in [-0.2, 0) is 15.7 Å². The van der Waals surface area contributed by atoms with Gasteiger partial charge in [0.15, 0.2) is 5.82 Å². The Morgan fingerprint density at radius 2 is 1.83 bits per heavy atom. The summed E-state index contributed by atoms with van der Waals surface area (Å²) in [5.74, 6) is -3.69. The zero-order valence-electron chi connectivity index (χ0n) is 18.8. The number of nitrogens with zero attached hydrogens (tertiary/aromatic N) is 4. The van der Waals surface area contributed by atoms with Crippen LogP contribution in [0.5, 0.6) is 0 Å². The Morgan fingerprint density at radius 3 is 2.47 bits per heavy atom. The summed E-state index contributed by atoms with van der Waals surface area (Å²) in [4.78, 5) is 31.2. The molecule has 1 N–H and O–H groups in total. The minimum Gasteiger partial charge on any atom is -0.468 e. The number of hydrazone groups is 1. The van der Waals surface area contributed by atoms with Crippen LogP contribution in [0.25, 0.3) is 0 Å². The van der Waals surface area contributed by atoms with Gasteiger partial charge in [0, 0.05) is 17.1 Å². The molecule has 3 aromatic rings. The number of hydrogen-bond acceptors (Lipinski definition) is 7. The Labute approximate surface area is 208 Å². The number of alkyl halides is 3. The Hall–Kier alpha value is -3.99. The lowest BCUT2D eigenvalue weighted by molar-refractivity contribution is -0.145. The van der Waals surface area contributed by atoms with Gasteiger partial charge < -0.3 is 10.1 Å². The number of esters is 1. The van der Waals surface area contributed by atoms with Crippen molar-refractivity contribution < 1.29 is 27.5 Å². The van der Waals surface area contributed by atoms with E-state index in [0.717, 1.165) is 18.9 Å². The highest BCUT2D eigenvalue weighted by atomic mass is 35.5. The Bertz CT molecular complexity index is 1300. The molecule has 0 spiro atoms. The SMILES string of the molecule is COC(=O)CNC(=O)c1cnc(C(F)(F)F)nc1N1CC(c2ccccc2)C(c2ccc(Cl)cc2)=N1. The summed E-state index contributed by atoms with van der Waals surface area (Å²) in [5, 5.41) is 8.63. The molecule has 0 radical (unpaired) electrons. The molecular weight excluding hydrogens is 499 g/mol. The number of carbonyl (C=O) groups excluding carboxylic acids is 2. The smallest absolute Gasteiger partial charge is 0.451 e. The lowest BCUT2D eigenvalue weighted by Gasteiger charge is -2.19. The maximum absolute atomic E-state index is 13.5. The number of halogens is 4. The van der Waals surface area contributed by atoms with Crippen molar-refractivity contribution in [2.75, 3.05) is 25.2 Å². The Morgan fingerprint density at radius 1 is 1.14 bits per heavy atom. The molecular formula is C24H19ClF3N5O3. The summed E-state index contributed by atoms with van der Waals surface area (Å²) in [6, 6.07) is 16.2. The van der Waals surface area contributed by atoms with Gasteiger partial charge >= 0.3 is 12.1 Å². The van der Waals surface area contributed by atoms with Crippen molar-refractivity contribution in [3.05, 3.63) is 88.3 Å². The fourth-order valence-corrected chi connectivity index (χ4v) is 3.77. The molecule has 12 heteroatoms. The summed E-state index contributed by atoms with van der Waals surface area (Å²) >= 11 is 6.02. The molecule has 36 heavy (non-hydrogen) atoms. The average molecular weight is 518 g/mol. The lowest BCUT2D eigenvalue weighted by Crippen LogP contribution is -2.32. The fourth-order valence-electron chi connectivity index (χ4n) is 3.65. The van der Waals surface area contributed by atoms with Crippen molar-refractivity contribution in [2.24, 2.45) is 5.10 Å². The number of nitrogens with one attached hydrogen (secondary N) is 1. The second kappa shape index (κ2) is 10.3. The molecule has 1 unspecified atom stereocenters. The molecule has 186 valence electrons. The first-order valence-electron chi connectivity index (χ1n) is 10.6. The predicted molar refractivity (Wildman–Crippen MR) is 126 cm³/mol. The Kier molecular flexibility index (Phi) is 7.20.